The average Bonchev–Trinajstić information content (AvgIpc) is 3.53. The lowest BCUT2D eigenvalue weighted by atomic mass is 9.71. The Bertz CT molecular complexity index is 2410. The van der Waals surface area contributed by atoms with Gasteiger partial charge in [-0.3, -0.25) is 14.7 Å². The molecule has 77 heavy (non-hydrogen) atoms. The first-order valence-corrected chi connectivity index (χ1v) is 30.2. The van der Waals surface area contributed by atoms with E-state index in [0.717, 1.165) is 134 Å². The molecule has 5 aromatic rings. The van der Waals surface area contributed by atoms with Gasteiger partial charge < -0.3 is 24.2 Å². The van der Waals surface area contributed by atoms with Crippen molar-refractivity contribution in [3.8, 4) is 17.6 Å². The van der Waals surface area contributed by atoms with E-state index in [1.807, 2.05) is 0 Å². The van der Waals surface area contributed by atoms with E-state index in [9.17, 15) is 5.26 Å². The zero-order valence-corrected chi connectivity index (χ0v) is 47.8. The van der Waals surface area contributed by atoms with E-state index in [1.165, 1.54) is 92.4 Å². The van der Waals surface area contributed by atoms with Crippen LogP contribution in [0.2, 0.25) is 0 Å². The second-order valence-corrected chi connectivity index (χ2v) is 23.6. The number of nitrogens with zero attached hydrogens (tertiary/aromatic N) is 7. The number of para-hydroxylation sites is 3. The Morgan fingerprint density at radius 3 is 1.03 bits per heavy atom. The molecule has 0 amide bonds. The van der Waals surface area contributed by atoms with Gasteiger partial charge in [0, 0.05) is 107 Å². The summed E-state index contributed by atoms with van der Waals surface area (Å²) in [4.78, 5) is 15.5. The highest BCUT2D eigenvalue weighted by atomic mass is 16.5. The normalized spacial score (nSPS) is 27.5. The second-order valence-electron chi connectivity index (χ2n) is 23.6. The van der Waals surface area contributed by atoms with Crippen LogP contribution >= 0.6 is 0 Å². The van der Waals surface area contributed by atoms with Gasteiger partial charge in [-0.2, -0.15) is 5.26 Å². The molecule has 6 fully saturated rings. The Kier molecular flexibility index (Phi) is 19.6. The maximum Gasteiger partial charge on any atom is 0.119 e. The van der Waals surface area contributed by atoms with E-state index < -0.39 is 0 Å². The predicted molar refractivity (Wildman–Crippen MR) is 321 cm³/mol. The minimum atomic E-state index is -0.185. The molecule has 9 nitrogen and oxygen atoms in total. The van der Waals surface area contributed by atoms with Crippen LogP contribution in [0.3, 0.4) is 0 Å². The standard InChI is InChI=1S/2C25H34N2O.C18H25N3/c2*1-3-28-24-11-7-8-22(20-24)25(14-12-21(2)13-15-25)27-18-16-26(17-19-27)23-9-5-4-6-10-23;1-16-7-9-18(15-19,10-8-16)21-13-11-20(12-14-21)17-5-3-2-4-6-17/h2*4-11,20-21H,3,12-19H2,1-2H3;2-6,16H,7-14H2,1H3. The Hall–Kier alpha value is -5.53. The number of hydrogen-bond donors (Lipinski definition) is 0. The van der Waals surface area contributed by atoms with Crippen molar-refractivity contribution in [2.24, 2.45) is 17.8 Å². The lowest BCUT2D eigenvalue weighted by molar-refractivity contribution is 0.0297. The monoisotopic (exact) mass is 1040 g/mol. The van der Waals surface area contributed by atoms with Gasteiger partial charge in [0.15, 0.2) is 0 Å². The molecule has 3 saturated carbocycles. The van der Waals surface area contributed by atoms with Crippen LogP contribution in [-0.2, 0) is 11.1 Å². The van der Waals surface area contributed by atoms with Gasteiger partial charge in [0.05, 0.1) is 19.3 Å². The first kappa shape index (κ1) is 56.2. The first-order chi connectivity index (χ1) is 37.7. The fraction of sp³-hybridized carbons (Fsp3) is 0.544. The highest BCUT2D eigenvalue weighted by molar-refractivity contribution is 5.49. The molecule has 0 unspecified atom stereocenters. The molecule has 9 heteroatoms. The smallest absolute Gasteiger partial charge is 0.119 e. The minimum Gasteiger partial charge on any atom is -0.494 e. The van der Waals surface area contributed by atoms with Gasteiger partial charge in [0.2, 0.25) is 0 Å². The zero-order valence-electron chi connectivity index (χ0n) is 47.8. The number of nitriles is 1. The van der Waals surface area contributed by atoms with Gasteiger partial charge in [-0.15, -0.1) is 0 Å². The van der Waals surface area contributed by atoms with Crippen LogP contribution in [0.25, 0.3) is 0 Å². The SMILES string of the molecule is CC1CCC(C#N)(N2CCN(c3ccccc3)CC2)CC1.CCOc1cccc(C2(N3CCN(c4ccccc4)CC3)CCC(C)CC2)c1.CCOc1cccc(C2(N3CCN(c4ccccc4)CC3)CCC(C)CC2)c1. The number of anilines is 3. The van der Waals surface area contributed by atoms with Crippen molar-refractivity contribution in [1.82, 2.24) is 14.7 Å². The number of ether oxygens (including phenoxy) is 2. The van der Waals surface area contributed by atoms with E-state index in [1.54, 1.807) is 0 Å². The molecule has 0 N–H and O–H groups in total. The second kappa shape index (κ2) is 26.9. The lowest BCUT2D eigenvalue weighted by Crippen LogP contribution is -2.57. The summed E-state index contributed by atoms with van der Waals surface area (Å²) in [5.74, 6) is 4.50. The van der Waals surface area contributed by atoms with Crippen molar-refractivity contribution in [2.45, 2.75) is 128 Å². The fourth-order valence-corrected chi connectivity index (χ4v) is 14.0. The fourth-order valence-electron chi connectivity index (χ4n) is 14.0. The molecular weight excluding hydrogens is 947 g/mol. The van der Waals surface area contributed by atoms with E-state index in [2.05, 4.69) is 210 Å². The molecule has 3 saturated heterocycles. The maximum absolute atomic E-state index is 9.76. The quantitative estimate of drug-likeness (QED) is 0.122. The largest absolute Gasteiger partial charge is 0.494 e. The number of hydrogen-bond acceptors (Lipinski definition) is 9. The molecule has 3 aliphatic heterocycles. The number of rotatable bonds is 12. The Balaban J connectivity index is 0.000000142. The first-order valence-electron chi connectivity index (χ1n) is 30.2. The third kappa shape index (κ3) is 13.7. The molecule has 3 aliphatic carbocycles. The van der Waals surface area contributed by atoms with Crippen LogP contribution in [0.5, 0.6) is 11.5 Å². The highest BCUT2D eigenvalue weighted by Gasteiger charge is 2.45. The Morgan fingerprint density at radius 1 is 0.403 bits per heavy atom. The van der Waals surface area contributed by atoms with Crippen molar-refractivity contribution in [3.63, 3.8) is 0 Å². The van der Waals surface area contributed by atoms with Gasteiger partial charge in [-0.05, 0) is 180 Å². The summed E-state index contributed by atoms with van der Waals surface area (Å²) in [7, 11) is 0. The van der Waals surface area contributed by atoms with Crippen molar-refractivity contribution in [1.29, 1.82) is 5.26 Å². The van der Waals surface area contributed by atoms with Crippen molar-refractivity contribution in [3.05, 3.63) is 151 Å². The Morgan fingerprint density at radius 2 is 0.714 bits per heavy atom. The van der Waals surface area contributed by atoms with Gasteiger partial charge in [0.25, 0.3) is 0 Å². The van der Waals surface area contributed by atoms with E-state index in [-0.39, 0.29) is 16.6 Å². The molecule has 5 aromatic carbocycles. The molecule has 412 valence electrons. The van der Waals surface area contributed by atoms with E-state index in [0.29, 0.717) is 0 Å². The highest BCUT2D eigenvalue weighted by Crippen LogP contribution is 2.47. The van der Waals surface area contributed by atoms with Crippen LogP contribution < -0.4 is 24.2 Å². The molecule has 0 aromatic heterocycles. The van der Waals surface area contributed by atoms with Crippen LogP contribution in [0.15, 0.2) is 140 Å². The molecule has 0 bridgehead atoms. The third-order valence-electron chi connectivity index (χ3n) is 18.9. The van der Waals surface area contributed by atoms with Crippen LogP contribution in [-0.4, -0.2) is 112 Å². The minimum absolute atomic E-state index is 0.169. The third-order valence-corrected chi connectivity index (χ3v) is 18.9. The molecular formula is C68H93N7O2. The van der Waals surface area contributed by atoms with Crippen LogP contribution in [0.4, 0.5) is 17.1 Å². The molecule has 0 radical (unpaired) electrons. The van der Waals surface area contributed by atoms with Gasteiger partial charge in [0.1, 0.15) is 17.0 Å². The van der Waals surface area contributed by atoms with E-state index in [4.69, 9.17) is 9.47 Å². The summed E-state index contributed by atoms with van der Waals surface area (Å²) in [6.07, 6.45) is 14.8. The van der Waals surface area contributed by atoms with Crippen LogP contribution in [0, 0.1) is 29.1 Å². The summed E-state index contributed by atoms with van der Waals surface area (Å²) < 4.78 is 11.7. The average molecular weight is 1040 g/mol. The van der Waals surface area contributed by atoms with Gasteiger partial charge in [-0.1, -0.05) is 99.6 Å². The summed E-state index contributed by atoms with van der Waals surface area (Å²) in [6, 6.07) is 52.8. The molecule has 11 rings (SSSR count). The van der Waals surface area contributed by atoms with Gasteiger partial charge in [-0.25, -0.2) is 0 Å². The molecule has 3 heterocycles. The van der Waals surface area contributed by atoms with Gasteiger partial charge >= 0.3 is 0 Å². The topological polar surface area (TPSA) is 61.7 Å². The lowest BCUT2D eigenvalue weighted by Gasteiger charge is -2.51. The van der Waals surface area contributed by atoms with Crippen molar-refractivity contribution in [2.75, 3.05) is 106 Å². The molecule has 6 aliphatic rings. The maximum atomic E-state index is 9.76. The molecule has 0 atom stereocenters. The number of piperazine rings is 3. The summed E-state index contributed by atoms with van der Waals surface area (Å²) in [5.41, 5.74) is 7.08. The molecule has 0 spiro atoms. The van der Waals surface area contributed by atoms with Crippen molar-refractivity contribution >= 4 is 17.1 Å². The predicted octanol–water partition coefficient (Wildman–Crippen LogP) is 13.9. The Labute approximate surface area is 465 Å². The van der Waals surface area contributed by atoms with E-state index >= 15 is 0 Å². The van der Waals surface area contributed by atoms with Crippen molar-refractivity contribution < 1.29 is 9.47 Å². The zero-order chi connectivity index (χ0) is 53.5. The number of benzene rings is 5. The summed E-state index contributed by atoms with van der Waals surface area (Å²) in [5, 5.41) is 9.76. The van der Waals surface area contributed by atoms with Crippen LogP contribution in [0.1, 0.15) is 123 Å². The summed E-state index contributed by atoms with van der Waals surface area (Å²) >= 11 is 0. The summed E-state index contributed by atoms with van der Waals surface area (Å²) in [6.45, 7) is 25.7.